The molecule has 0 spiro atoms. The first-order chi connectivity index (χ1) is 16.4. The molecule has 6 nitrogen and oxygen atoms in total. The number of para-hydroxylation sites is 1. The molecule has 2 heterocycles. The molecule has 3 aromatic rings. The van der Waals surface area contributed by atoms with Crippen LogP contribution in [0.5, 0.6) is 0 Å². The van der Waals surface area contributed by atoms with Gasteiger partial charge in [0, 0.05) is 23.7 Å². The van der Waals surface area contributed by atoms with Gasteiger partial charge in [0.1, 0.15) is 5.84 Å². The lowest BCUT2D eigenvalue weighted by Crippen LogP contribution is -2.42. The van der Waals surface area contributed by atoms with Gasteiger partial charge in [-0.05, 0) is 88.6 Å². The largest absolute Gasteiger partial charge is 0.384 e. The maximum atomic E-state index is 13.5. The normalized spacial score (nSPS) is 15.3. The SMILES string of the molecule is CN(C)C1CCN(CCCCCn2c(=O)c(-c3cccc(C(=N)N)c3)cc3ccccc32)CC1. The molecule has 1 aromatic heterocycles. The number of nitrogens with one attached hydrogen (secondary N) is 1. The van der Waals surface area contributed by atoms with E-state index in [0.717, 1.165) is 41.9 Å². The second-order valence-electron chi connectivity index (χ2n) is 9.67. The molecular weight excluding hydrogens is 422 g/mol. The zero-order valence-electron chi connectivity index (χ0n) is 20.5. The summed E-state index contributed by atoms with van der Waals surface area (Å²) in [5.74, 6) is 0.00825. The molecule has 0 atom stereocenters. The average molecular weight is 460 g/mol. The van der Waals surface area contributed by atoms with Crippen molar-refractivity contribution in [3.05, 3.63) is 70.5 Å². The van der Waals surface area contributed by atoms with E-state index in [0.29, 0.717) is 17.7 Å². The van der Waals surface area contributed by atoms with Crippen molar-refractivity contribution < 1.29 is 0 Å². The molecule has 34 heavy (non-hydrogen) atoms. The number of piperidine rings is 1. The Bertz CT molecular complexity index is 1190. The van der Waals surface area contributed by atoms with Crippen LogP contribution in [0.25, 0.3) is 22.0 Å². The number of amidine groups is 1. The highest BCUT2D eigenvalue weighted by molar-refractivity contribution is 5.96. The fourth-order valence-corrected chi connectivity index (χ4v) is 5.05. The second-order valence-corrected chi connectivity index (χ2v) is 9.67. The number of nitrogens with two attached hydrogens (primary N) is 1. The van der Waals surface area contributed by atoms with E-state index in [2.05, 4.69) is 30.0 Å². The topological polar surface area (TPSA) is 78.3 Å². The number of hydrogen-bond donors (Lipinski definition) is 2. The molecular formula is C28H37N5O. The fourth-order valence-electron chi connectivity index (χ4n) is 5.05. The molecule has 6 heteroatoms. The zero-order chi connectivity index (χ0) is 24.1. The Morgan fingerprint density at radius 3 is 2.47 bits per heavy atom. The summed E-state index contributed by atoms with van der Waals surface area (Å²) in [4.78, 5) is 18.5. The van der Waals surface area contributed by atoms with Gasteiger partial charge < -0.3 is 20.1 Å². The van der Waals surface area contributed by atoms with Gasteiger partial charge in [0.15, 0.2) is 0 Å². The molecule has 0 saturated carbocycles. The second kappa shape index (κ2) is 11.0. The maximum Gasteiger partial charge on any atom is 0.258 e. The van der Waals surface area contributed by atoms with Gasteiger partial charge in [-0.15, -0.1) is 0 Å². The summed E-state index contributed by atoms with van der Waals surface area (Å²) in [5, 5.41) is 8.79. The molecule has 0 unspecified atom stereocenters. The predicted octanol–water partition coefficient (Wildman–Crippen LogP) is 4.15. The predicted molar refractivity (Wildman–Crippen MR) is 142 cm³/mol. The molecule has 4 rings (SSSR count). The minimum Gasteiger partial charge on any atom is -0.384 e. The van der Waals surface area contributed by atoms with E-state index in [4.69, 9.17) is 11.1 Å². The van der Waals surface area contributed by atoms with Gasteiger partial charge >= 0.3 is 0 Å². The fraction of sp³-hybridized carbons (Fsp3) is 0.429. The first-order valence-electron chi connectivity index (χ1n) is 12.4. The van der Waals surface area contributed by atoms with Gasteiger partial charge in [0.2, 0.25) is 0 Å². The van der Waals surface area contributed by atoms with E-state index in [9.17, 15) is 4.79 Å². The number of benzene rings is 2. The van der Waals surface area contributed by atoms with Crippen LogP contribution in [0.4, 0.5) is 0 Å². The number of hydrogen-bond acceptors (Lipinski definition) is 4. The van der Waals surface area contributed by atoms with Gasteiger partial charge in [-0.3, -0.25) is 10.2 Å². The maximum absolute atomic E-state index is 13.5. The first-order valence-corrected chi connectivity index (χ1v) is 12.4. The molecule has 1 aliphatic rings. The summed E-state index contributed by atoms with van der Waals surface area (Å²) in [6, 6.07) is 18.2. The minimum atomic E-state index is 0.00825. The number of unbranched alkanes of at least 4 members (excludes halogenated alkanes) is 2. The quantitative estimate of drug-likeness (QED) is 0.286. The monoisotopic (exact) mass is 459 g/mol. The lowest BCUT2D eigenvalue weighted by molar-refractivity contribution is 0.143. The zero-order valence-corrected chi connectivity index (χ0v) is 20.5. The Hall–Kier alpha value is -2.96. The number of pyridine rings is 1. The van der Waals surface area contributed by atoms with Gasteiger partial charge in [0.25, 0.3) is 5.56 Å². The van der Waals surface area contributed by atoms with E-state index in [-0.39, 0.29) is 11.4 Å². The van der Waals surface area contributed by atoms with Gasteiger partial charge in [0.05, 0.1) is 5.52 Å². The van der Waals surface area contributed by atoms with Crippen molar-refractivity contribution in [2.24, 2.45) is 5.73 Å². The van der Waals surface area contributed by atoms with Crippen molar-refractivity contribution >= 4 is 16.7 Å². The Kier molecular flexibility index (Phi) is 7.80. The number of aryl methyl sites for hydroxylation is 1. The van der Waals surface area contributed by atoms with Crippen LogP contribution in [-0.4, -0.2) is 60.0 Å². The van der Waals surface area contributed by atoms with Crippen LogP contribution >= 0.6 is 0 Å². The molecule has 0 bridgehead atoms. The van der Waals surface area contributed by atoms with Crippen LogP contribution in [0.15, 0.2) is 59.4 Å². The summed E-state index contributed by atoms with van der Waals surface area (Å²) in [5.41, 5.74) is 8.77. The summed E-state index contributed by atoms with van der Waals surface area (Å²) in [7, 11) is 4.36. The molecule has 1 fully saturated rings. The van der Waals surface area contributed by atoms with Crippen molar-refractivity contribution in [3.8, 4) is 11.1 Å². The molecule has 0 amide bonds. The van der Waals surface area contributed by atoms with Crippen LogP contribution in [-0.2, 0) is 6.54 Å². The van der Waals surface area contributed by atoms with Crippen LogP contribution in [0.3, 0.4) is 0 Å². The van der Waals surface area contributed by atoms with Crippen LogP contribution in [0, 0.1) is 5.41 Å². The molecule has 2 aromatic carbocycles. The number of nitrogen functional groups attached to an aromatic ring is 1. The molecule has 1 aliphatic heterocycles. The van der Waals surface area contributed by atoms with Gasteiger partial charge in [-0.25, -0.2) is 0 Å². The van der Waals surface area contributed by atoms with Crippen molar-refractivity contribution in [3.63, 3.8) is 0 Å². The molecule has 1 saturated heterocycles. The van der Waals surface area contributed by atoms with Crippen LogP contribution in [0.2, 0.25) is 0 Å². The molecule has 0 aliphatic carbocycles. The third-order valence-electron chi connectivity index (χ3n) is 7.13. The average Bonchev–Trinajstić information content (AvgIpc) is 2.85. The molecule has 180 valence electrons. The summed E-state index contributed by atoms with van der Waals surface area (Å²) in [6.45, 7) is 4.23. The number of aromatic nitrogens is 1. The van der Waals surface area contributed by atoms with E-state index in [1.807, 2.05) is 47.0 Å². The van der Waals surface area contributed by atoms with Crippen molar-refractivity contribution in [2.45, 2.75) is 44.7 Å². The van der Waals surface area contributed by atoms with Crippen LogP contribution < -0.4 is 11.3 Å². The van der Waals surface area contributed by atoms with Crippen molar-refractivity contribution in [1.82, 2.24) is 14.4 Å². The van der Waals surface area contributed by atoms with E-state index in [1.165, 1.54) is 32.4 Å². The van der Waals surface area contributed by atoms with Crippen molar-refractivity contribution in [1.29, 1.82) is 5.41 Å². The Morgan fingerprint density at radius 1 is 1.00 bits per heavy atom. The van der Waals surface area contributed by atoms with Crippen LogP contribution in [0.1, 0.15) is 37.7 Å². The lowest BCUT2D eigenvalue weighted by Gasteiger charge is -2.35. The first kappa shape index (κ1) is 24.2. The number of likely N-dealkylation sites (tertiary alicyclic amines) is 1. The molecule has 3 N–H and O–H groups in total. The van der Waals surface area contributed by atoms with Crippen molar-refractivity contribution in [2.75, 3.05) is 33.7 Å². The Morgan fingerprint density at radius 2 is 1.74 bits per heavy atom. The van der Waals surface area contributed by atoms with Gasteiger partial charge in [-0.2, -0.15) is 0 Å². The third kappa shape index (κ3) is 5.57. The van der Waals surface area contributed by atoms with E-state index < -0.39 is 0 Å². The highest BCUT2D eigenvalue weighted by atomic mass is 16.1. The Labute approximate surface area is 202 Å². The third-order valence-corrected chi connectivity index (χ3v) is 7.13. The number of nitrogens with zero attached hydrogens (tertiary/aromatic N) is 3. The lowest BCUT2D eigenvalue weighted by atomic mass is 10.0. The number of rotatable bonds is 9. The van der Waals surface area contributed by atoms with E-state index in [1.54, 1.807) is 6.07 Å². The summed E-state index contributed by atoms with van der Waals surface area (Å²) in [6.07, 6.45) is 5.77. The molecule has 0 radical (unpaired) electrons. The minimum absolute atomic E-state index is 0.00825. The number of fused-ring (bicyclic) bond motifs is 1. The standard InChI is InChI=1S/C28H37N5O/c1-31(2)24-13-17-32(18-14-24)15-6-3-7-16-33-26-12-5-4-9-22(26)20-25(28(33)34)21-10-8-11-23(19-21)27(29)30/h4-5,8-12,19-20,24H,3,6-7,13-18H2,1-2H3,(H3,29,30). The van der Waals surface area contributed by atoms with Gasteiger partial charge in [-0.1, -0.05) is 42.8 Å². The highest BCUT2D eigenvalue weighted by Gasteiger charge is 2.20. The smallest absolute Gasteiger partial charge is 0.258 e. The summed E-state index contributed by atoms with van der Waals surface area (Å²) < 4.78 is 1.92. The van der Waals surface area contributed by atoms with E-state index >= 15 is 0 Å². The Balaban J connectivity index is 1.44. The summed E-state index contributed by atoms with van der Waals surface area (Å²) >= 11 is 0. The highest BCUT2D eigenvalue weighted by Crippen LogP contribution is 2.23.